The molecule has 0 radical (unpaired) electrons. The van der Waals surface area contributed by atoms with Gasteiger partial charge in [0.15, 0.2) is 5.78 Å². The van der Waals surface area contributed by atoms with E-state index in [4.69, 9.17) is 0 Å². The molecular weight excluding hydrogens is 350 g/mol. The first-order valence-electron chi connectivity index (χ1n) is 7.34. The maximum Gasteiger partial charge on any atom is 0.387 e. The van der Waals surface area contributed by atoms with E-state index in [9.17, 15) is 13.6 Å². The zero-order valence-corrected chi connectivity index (χ0v) is 14.3. The Morgan fingerprint density at radius 1 is 1.24 bits per heavy atom. The first-order valence-corrected chi connectivity index (χ1v) is 8.33. The van der Waals surface area contributed by atoms with Crippen molar-refractivity contribution in [2.24, 2.45) is 0 Å². The molecule has 25 heavy (non-hydrogen) atoms. The summed E-state index contributed by atoms with van der Waals surface area (Å²) >= 11 is 1.19. The molecule has 0 spiro atoms. The number of hydrogen-bond donors (Lipinski definition) is 0. The summed E-state index contributed by atoms with van der Waals surface area (Å²) in [7, 11) is 0. The molecule has 2 heterocycles. The van der Waals surface area contributed by atoms with Gasteiger partial charge < -0.3 is 4.74 Å². The summed E-state index contributed by atoms with van der Waals surface area (Å²) in [5, 5.41) is 4.77. The fraction of sp³-hybridized carbons (Fsp3) is 0.250. The third kappa shape index (κ3) is 4.11. The summed E-state index contributed by atoms with van der Waals surface area (Å²) in [5.41, 5.74) is 2.15. The Morgan fingerprint density at radius 2 is 1.96 bits per heavy atom. The van der Waals surface area contributed by atoms with E-state index in [1.54, 1.807) is 4.52 Å². The lowest BCUT2D eigenvalue weighted by atomic mass is 10.1. The van der Waals surface area contributed by atoms with Crippen LogP contribution in [0.4, 0.5) is 8.78 Å². The quantitative estimate of drug-likeness (QED) is 0.494. The molecule has 0 aliphatic carbocycles. The monoisotopic (exact) mass is 364 g/mol. The number of halogens is 2. The average Bonchev–Trinajstić information content (AvgIpc) is 2.96. The van der Waals surface area contributed by atoms with Crippen LogP contribution in [0.5, 0.6) is 5.75 Å². The van der Waals surface area contributed by atoms with E-state index in [-0.39, 0.29) is 17.3 Å². The number of carbonyl (C=O) groups is 1. The number of Topliss-reactive ketones (excluding diaryl/α,β-unsaturated/α-hetero) is 1. The predicted octanol–water partition coefficient (Wildman–Crippen LogP) is 3.32. The zero-order valence-electron chi connectivity index (χ0n) is 13.4. The molecular formula is C16H14F2N4O2S. The van der Waals surface area contributed by atoms with Gasteiger partial charge in [-0.1, -0.05) is 11.8 Å². The van der Waals surface area contributed by atoms with E-state index in [2.05, 4.69) is 19.8 Å². The molecule has 3 rings (SSSR count). The van der Waals surface area contributed by atoms with E-state index >= 15 is 0 Å². The number of ether oxygens (including phenoxy) is 1. The number of alkyl halides is 2. The number of aryl methyl sites for hydroxylation is 2. The fourth-order valence-electron chi connectivity index (χ4n) is 2.24. The van der Waals surface area contributed by atoms with E-state index in [0.29, 0.717) is 16.5 Å². The van der Waals surface area contributed by atoms with Crippen LogP contribution in [-0.4, -0.2) is 37.7 Å². The van der Waals surface area contributed by atoms with Gasteiger partial charge in [0.2, 0.25) is 5.16 Å². The average molecular weight is 364 g/mol. The van der Waals surface area contributed by atoms with Crippen LogP contribution in [0.3, 0.4) is 0 Å². The summed E-state index contributed by atoms with van der Waals surface area (Å²) in [6, 6.07) is 7.47. The summed E-state index contributed by atoms with van der Waals surface area (Å²) in [6.45, 7) is 0.886. The smallest absolute Gasteiger partial charge is 0.387 e. The van der Waals surface area contributed by atoms with E-state index in [0.717, 1.165) is 11.4 Å². The molecule has 0 aliphatic heterocycles. The summed E-state index contributed by atoms with van der Waals surface area (Å²) in [6.07, 6.45) is 0. The van der Waals surface area contributed by atoms with Crippen molar-refractivity contribution >= 4 is 23.3 Å². The van der Waals surface area contributed by atoms with Crippen molar-refractivity contribution in [2.75, 3.05) is 5.75 Å². The van der Waals surface area contributed by atoms with E-state index in [1.165, 1.54) is 36.0 Å². The highest BCUT2D eigenvalue weighted by molar-refractivity contribution is 7.99. The molecule has 0 bridgehead atoms. The second kappa shape index (κ2) is 7.14. The largest absolute Gasteiger partial charge is 0.435 e. The Balaban J connectivity index is 1.67. The first-order chi connectivity index (χ1) is 11.9. The van der Waals surface area contributed by atoms with Gasteiger partial charge in [-0.15, -0.1) is 5.10 Å². The van der Waals surface area contributed by atoms with Crippen molar-refractivity contribution in [2.45, 2.75) is 25.6 Å². The molecule has 0 N–H and O–H groups in total. The minimum Gasteiger partial charge on any atom is -0.435 e. The second-order valence-corrected chi connectivity index (χ2v) is 6.20. The number of nitrogens with zero attached hydrogens (tertiary/aromatic N) is 4. The van der Waals surface area contributed by atoms with Crippen molar-refractivity contribution < 1.29 is 18.3 Å². The first kappa shape index (κ1) is 17.3. The van der Waals surface area contributed by atoms with Crippen LogP contribution in [-0.2, 0) is 0 Å². The van der Waals surface area contributed by atoms with E-state index in [1.807, 2.05) is 19.9 Å². The van der Waals surface area contributed by atoms with Crippen LogP contribution in [0.15, 0.2) is 35.5 Å². The third-order valence-corrected chi connectivity index (χ3v) is 4.17. The van der Waals surface area contributed by atoms with Crippen LogP contribution in [0.25, 0.3) is 5.78 Å². The second-order valence-electron chi connectivity index (χ2n) is 5.26. The van der Waals surface area contributed by atoms with Gasteiger partial charge in [-0.3, -0.25) is 4.79 Å². The fourth-order valence-corrected chi connectivity index (χ4v) is 2.96. The molecule has 0 atom stereocenters. The van der Waals surface area contributed by atoms with Gasteiger partial charge in [0.05, 0.1) is 5.75 Å². The summed E-state index contributed by atoms with van der Waals surface area (Å²) in [5.74, 6) is 0.469. The summed E-state index contributed by atoms with van der Waals surface area (Å²) < 4.78 is 30.1. The van der Waals surface area contributed by atoms with Gasteiger partial charge in [0, 0.05) is 17.0 Å². The molecule has 1 aromatic carbocycles. The molecule has 2 aromatic heterocycles. The lowest BCUT2D eigenvalue weighted by Gasteiger charge is -2.04. The number of benzene rings is 1. The maximum atomic E-state index is 12.2. The van der Waals surface area contributed by atoms with Gasteiger partial charge in [-0.2, -0.15) is 13.8 Å². The predicted molar refractivity (Wildman–Crippen MR) is 88.4 cm³/mol. The van der Waals surface area contributed by atoms with Gasteiger partial charge >= 0.3 is 6.61 Å². The third-order valence-electron chi connectivity index (χ3n) is 3.33. The molecule has 0 unspecified atom stereocenters. The summed E-state index contributed by atoms with van der Waals surface area (Å²) in [4.78, 5) is 20.8. The lowest BCUT2D eigenvalue weighted by Crippen LogP contribution is -2.04. The molecule has 3 aromatic rings. The Hall–Kier alpha value is -2.55. The van der Waals surface area contributed by atoms with Crippen LogP contribution in [0.2, 0.25) is 0 Å². The van der Waals surface area contributed by atoms with Crippen molar-refractivity contribution in [3.05, 3.63) is 47.3 Å². The molecule has 0 saturated heterocycles. The Morgan fingerprint density at radius 3 is 2.64 bits per heavy atom. The number of carbonyl (C=O) groups excluding carboxylic acids is 1. The minimum absolute atomic E-state index is 0.0122. The maximum absolute atomic E-state index is 12.2. The standard InChI is InChI=1S/C16H14F2N4O2S/c1-9-7-10(2)22-15(19-9)20-16(21-22)25-8-13(23)11-3-5-12(6-4-11)24-14(17)18/h3-7,14H,8H2,1-2H3. The normalized spacial score (nSPS) is 11.2. The van der Waals surface area contributed by atoms with Crippen LogP contribution in [0, 0.1) is 13.8 Å². The van der Waals surface area contributed by atoms with Gasteiger partial charge in [-0.05, 0) is 44.2 Å². The molecule has 0 aliphatic rings. The van der Waals surface area contributed by atoms with Crippen molar-refractivity contribution in [1.82, 2.24) is 19.6 Å². The van der Waals surface area contributed by atoms with Crippen molar-refractivity contribution in [1.29, 1.82) is 0 Å². The van der Waals surface area contributed by atoms with Crippen LogP contribution in [0.1, 0.15) is 21.7 Å². The lowest BCUT2D eigenvalue weighted by molar-refractivity contribution is -0.0498. The molecule has 0 fully saturated rings. The van der Waals surface area contributed by atoms with Gasteiger partial charge in [-0.25, -0.2) is 9.50 Å². The Labute approximate surface area is 146 Å². The molecule has 6 nitrogen and oxygen atoms in total. The van der Waals surface area contributed by atoms with Crippen LogP contribution < -0.4 is 4.74 Å². The number of ketones is 1. The van der Waals surface area contributed by atoms with Gasteiger partial charge in [0.25, 0.3) is 5.78 Å². The topological polar surface area (TPSA) is 69.4 Å². The Bertz CT molecular complexity index is 912. The molecule has 130 valence electrons. The SMILES string of the molecule is Cc1cc(C)n2nc(SCC(=O)c3ccc(OC(F)F)cc3)nc2n1. The molecule has 0 saturated carbocycles. The molecule has 9 heteroatoms. The number of rotatable bonds is 6. The van der Waals surface area contributed by atoms with Crippen molar-refractivity contribution in [3.8, 4) is 5.75 Å². The van der Waals surface area contributed by atoms with Gasteiger partial charge in [0.1, 0.15) is 5.75 Å². The number of hydrogen-bond acceptors (Lipinski definition) is 6. The number of fused-ring (bicyclic) bond motifs is 1. The Kier molecular flexibility index (Phi) is 4.93. The van der Waals surface area contributed by atoms with E-state index < -0.39 is 6.61 Å². The molecule has 0 amide bonds. The number of thioether (sulfide) groups is 1. The zero-order chi connectivity index (χ0) is 18.0. The van der Waals surface area contributed by atoms with Crippen LogP contribution >= 0.6 is 11.8 Å². The highest BCUT2D eigenvalue weighted by Gasteiger charge is 2.12. The minimum atomic E-state index is -2.89. The number of aromatic nitrogens is 4. The highest BCUT2D eigenvalue weighted by atomic mass is 32.2. The van der Waals surface area contributed by atoms with Crippen molar-refractivity contribution in [3.63, 3.8) is 0 Å². The highest BCUT2D eigenvalue weighted by Crippen LogP contribution is 2.19.